The standard InChI is InChI=1S/C16H28N2O3/c17-16(9-3-1-4-10-16)12-14(19)18-11-5-2-6-13(18)7-8-15(20)21/h13H,1-12,17H2,(H,20,21). The molecule has 0 radical (unpaired) electrons. The van der Waals surface area contributed by atoms with E-state index in [9.17, 15) is 9.59 Å². The van der Waals surface area contributed by atoms with Gasteiger partial charge in [-0.15, -0.1) is 0 Å². The Balaban J connectivity index is 1.92. The molecule has 1 atom stereocenters. The van der Waals surface area contributed by atoms with Gasteiger partial charge in [0.25, 0.3) is 0 Å². The summed E-state index contributed by atoms with van der Waals surface area (Å²) in [5.41, 5.74) is 6.06. The van der Waals surface area contributed by atoms with Crippen LogP contribution in [-0.2, 0) is 9.59 Å². The minimum absolute atomic E-state index is 0.0922. The average Bonchev–Trinajstić information content (AvgIpc) is 2.45. The molecular weight excluding hydrogens is 268 g/mol. The van der Waals surface area contributed by atoms with Gasteiger partial charge in [-0.05, 0) is 38.5 Å². The fourth-order valence-electron chi connectivity index (χ4n) is 3.75. The van der Waals surface area contributed by atoms with Crippen molar-refractivity contribution in [3.63, 3.8) is 0 Å². The second-order valence-electron chi connectivity index (χ2n) is 6.77. The van der Waals surface area contributed by atoms with Crippen molar-refractivity contribution >= 4 is 11.9 Å². The van der Waals surface area contributed by atoms with Crippen LogP contribution in [-0.4, -0.2) is 40.0 Å². The van der Waals surface area contributed by atoms with Gasteiger partial charge in [0.05, 0.1) is 0 Å². The van der Waals surface area contributed by atoms with Crippen LogP contribution < -0.4 is 5.73 Å². The molecule has 1 aliphatic carbocycles. The lowest BCUT2D eigenvalue weighted by Crippen LogP contribution is -2.50. The van der Waals surface area contributed by atoms with Crippen LogP contribution in [0.2, 0.25) is 0 Å². The number of carbonyl (C=O) groups excluding carboxylic acids is 1. The Morgan fingerprint density at radius 1 is 1.14 bits per heavy atom. The maximum absolute atomic E-state index is 12.6. The number of hydrogen-bond acceptors (Lipinski definition) is 3. The summed E-state index contributed by atoms with van der Waals surface area (Å²) in [5.74, 6) is -0.648. The molecule has 5 heteroatoms. The van der Waals surface area contributed by atoms with E-state index in [1.54, 1.807) is 0 Å². The topological polar surface area (TPSA) is 83.6 Å². The summed E-state index contributed by atoms with van der Waals surface area (Å²) in [4.78, 5) is 25.3. The molecule has 2 aliphatic rings. The molecule has 1 aliphatic heterocycles. The van der Waals surface area contributed by atoms with E-state index < -0.39 is 5.97 Å². The van der Waals surface area contributed by atoms with Crippen molar-refractivity contribution in [1.29, 1.82) is 0 Å². The van der Waals surface area contributed by atoms with E-state index in [0.29, 0.717) is 12.8 Å². The smallest absolute Gasteiger partial charge is 0.303 e. The zero-order valence-corrected chi connectivity index (χ0v) is 12.9. The van der Waals surface area contributed by atoms with Crippen LogP contribution in [0.1, 0.15) is 70.6 Å². The van der Waals surface area contributed by atoms with E-state index in [-0.39, 0.29) is 23.9 Å². The van der Waals surface area contributed by atoms with E-state index in [2.05, 4.69) is 0 Å². The fraction of sp³-hybridized carbons (Fsp3) is 0.875. The predicted octanol–water partition coefficient (Wildman–Crippen LogP) is 2.28. The summed E-state index contributed by atoms with van der Waals surface area (Å²) in [7, 11) is 0. The van der Waals surface area contributed by atoms with E-state index in [1.807, 2.05) is 4.90 Å². The highest BCUT2D eigenvalue weighted by Gasteiger charge is 2.34. The number of nitrogens with two attached hydrogens (primary N) is 1. The number of nitrogens with zero attached hydrogens (tertiary/aromatic N) is 1. The Morgan fingerprint density at radius 3 is 2.52 bits per heavy atom. The highest BCUT2D eigenvalue weighted by Crippen LogP contribution is 2.31. The van der Waals surface area contributed by atoms with Gasteiger partial charge in [-0.1, -0.05) is 19.3 Å². The van der Waals surface area contributed by atoms with Crippen molar-refractivity contribution in [3.05, 3.63) is 0 Å². The number of rotatable bonds is 5. The number of carbonyl (C=O) groups is 2. The molecule has 2 fully saturated rings. The van der Waals surface area contributed by atoms with E-state index in [4.69, 9.17) is 10.8 Å². The van der Waals surface area contributed by atoms with Crippen molar-refractivity contribution < 1.29 is 14.7 Å². The van der Waals surface area contributed by atoms with Crippen molar-refractivity contribution in [3.8, 4) is 0 Å². The highest BCUT2D eigenvalue weighted by molar-refractivity contribution is 5.78. The van der Waals surface area contributed by atoms with E-state index in [1.165, 1.54) is 6.42 Å². The third-order valence-electron chi connectivity index (χ3n) is 4.99. The molecule has 21 heavy (non-hydrogen) atoms. The number of carboxylic acid groups (broad SMARTS) is 1. The van der Waals surface area contributed by atoms with E-state index >= 15 is 0 Å². The molecular formula is C16H28N2O3. The lowest BCUT2D eigenvalue weighted by Gasteiger charge is -2.39. The van der Waals surface area contributed by atoms with Gasteiger partial charge in [-0.3, -0.25) is 9.59 Å². The molecule has 2 rings (SSSR count). The molecule has 0 bridgehead atoms. The first-order valence-corrected chi connectivity index (χ1v) is 8.30. The molecule has 5 nitrogen and oxygen atoms in total. The third kappa shape index (κ3) is 4.70. The Labute approximate surface area is 126 Å². The lowest BCUT2D eigenvalue weighted by atomic mass is 9.79. The van der Waals surface area contributed by atoms with Gasteiger partial charge < -0.3 is 15.7 Å². The van der Waals surface area contributed by atoms with Gasteiger partial charge in [0.1, 0.15) is 0 Å². The predicted molar refractivity (Wildman–Crippen MR) is 80.8 cm³/mol. The van der Waals surface area contributed by atoms with Crippen LogP contribution in [0.4, 0.5) is 0 Å². The minimum Gasteiger partial charge on any atom is -0.481 e. The van der Waals surface area contributed by atoms with Gasteiger partial charge in [-0.2, -0.15) is 0 Å². The third-order valence-corrected chi connectivity index (χ3v) is 4.99. The van der Waals surface area contributed by atoms with E-state index in [0.717, 1.165) is 51.5 Å². The maximum atomic E-state index is 12.6. The van der Waals surface area contributed by atoms with Crippen LogP contribution >= 0.6 is 0 Å². The number of hydrogen-bond donors (Lipinski definition) is 2. The van der Waals surface area contributed by atoms with Crippen LogP contribution in [0.3, 0.4) is 0 Å². The van der Waals surface area contributed by atoms with Crippen molar-refractivity contribution in [2.24, 2.45) is 5.73 Å². The largest absolute Gasteiger partial charge is 0.481 e. The number of amides is 1. The quantitative estimate of drug-likeness (QED) is 0.815. The zero-order valence-electron chi connectivity index (χ0n) is 12.9. The van der Waals surface area contributed by atoms with Crippen LogP contribution in [0.15, 0.2) is 0 Å². The molecule has 1 heterocycles. The summed E-state index contributed by atoms with van der Waals surface area (Å²) in [6.45, 7) is 0.763. The van der Waals surface area contributed by atoms with Crippen LogP contribution in [0, 0.1) is 0 Å². The second kappa shape index (κ2) is 7.25. The Hall–Kier alpha value is -1.10. The molecule has 0 aromatic rings. The summed E-state index contributed by atoms with van der Waals surface area (Å²) in [6, 6.07) is 0.0922. The van der Waals surface area contributed by atoms with Crippen LogP contribution in [0.25, 0.3) is 0 Å². The van der Waals surface area contributed by atoms with Crippen molar-refractivity contribution in [1.82, 2.24) is 4.90 Å². The summed E-state index contributed by atoms with van der Waals surface area (Å²) in [5, 5.41) is 8.85. The fourth-order valence-corrected chi connectivity index (χ4v) is 3.75. The van der Waals surface area contributed by atoms with Crippen molar-refractivity contribution in [2.45, 2.75) is 82.2 Å². The SMILES string of the molecule is NC1(CC(=O)N2CCCCC2CCC(=O)O)CCCCC1. The molecule has 1 saturated carbocycles. The molecule has 0 spiro atoms. The normalized spacial score (nSPS) is 25.6. The molecule has 0 aromatic heterocycles. The summed E-state index contributed by atoms with van der Waals surface area (Å²) >= 11 is 0. The van der Waals surface area contributed by atoms with Crippen LogP contribution in [0.5, 0.6) is 0 Å². The molecule has 120 valence electrons. The molecule has 1 amide bonds. The first-order chi connectivity index (χ1) is 10.0. The first kappa shape index (κ1) is 16.3. The molecule has 1 saturated heterocycles. The number of likely N-dealkylation sites (tertiary alicyclic amines) is 1. The Morgan fingerprint density at radius 2 is 1.86 bits per heavy atom. The summed E-state index contributed by atoms with van der Waals surface area (Å²) in [6.07, 6.45) is 9.50. The van der Waals surface area contributed by atoms with Gasteiger partial charge >= 0.3 is 5.97 Å². The van der Waals surface area contributed by atoms with Gasteiger partial charge in [0, 0.05) is 31.0 Å². The Kier molecular flexibility index (Phi) is 5.62. The minimum atomic E-state index is -0.782. The monoisotopic (exact) mass is 296 g/mol. The summed E-state index contributed by atoms with van der Waals surface area (Å²) < 4.78 is 0. The first-order valence-electron chi connectivity index (χ1n) is 8.30. The van der Waals surface area contributed by atoms with Gasteiger partial charge in [0.15, 0.2) is 0 Å². The molecule has 3 N–H and O–H groups in total. The zero-order chi connectivity index (χ0) is 15.3. The van der Waals surface area contributed by atoms with Crippen molar-refractivity contribution in [2.75, 3.05) is 6.54 Å². The Bertz CT molecular complexity index is 378. The number of carboxylic acids is 1. The van der Waals surface area contributed by atoms with Gasteiger partial charge in [0.2, 0.25) is 5.91 Å². The lowest BCUT2D eigenvalue weighted by molar-refractivity contribution is -0.140. The molecule has 1 unspecified atom stereocenters. The number of piperidine rings is 1. The number of aliphatic carboxylic acids is 1. The molecule has 0 aromatic carbocycles. The second-order valence-corrected chi connectivity index (χ2v) is 6.77. The highest BCUT2D eigenvalue weighted by atomic mass is 16.4. The average molecular weight is 296 g/mol. The maximum Gasteiger partial charge on any atom is 0.303 e. The van der Waals surface area contributed by atoms with Gasteiger partial charge in [-0.25, -0.2) is 0 Å².